The molecule has 1 aliphatic heterocycles. The fourth-order valence-corrected chi connectivity index (χ4v) is 2.43. The summed E-state index contributed by atoms with van der Waals surface area (Å²) in [4.78, 5) is 16.0. The lowest BCUT2D eigenvalue weighted by Crippen LogP contribution is -2.20. The summed E-state index contributed by atoms with van der Waals surface area (Å²) < 4.78 is 38.6. The molecule has 0 saturated heterocycles. The van der Waals surface area contributed by atoms with Crippen LogP contribution in [0.3, 0.4) is 0 Å². The average molecular weight is 340 g/mol. The minimum Gasteiger partial charge on any atom is -0.340 e. The molecule has 0 aliphatic carbocycles. The van der Waals surface area contributed by atoms with Crippen LogP contribution in [-0.2, 0) is 11.0 Å². The highest BCUT2D eigenvalue weighted by atomic mass is 32.2. The third-order valence-electron chi connectivity index (χ3n) is 2.77. The van der Waals surface area contributed by atoms with E-state index in [1.165, 1.54) is 23.9 Å². The Kier molecular flexibility index (Phi) is 5.28. The summed E-state index contributed by atoms with van der Waals surface area (Å²) in [5.74, 6) is -0.135. The Morgan fingerprint density at radius 2 is 2.13 bits per heavy atom. The van der Waals surface area contributed by atoms with Gasteiger partial charge in [-0.05, 0) is 12.1 Å². The van der Waals surface area contributed by atoms with Gasteiger partial charge in [-0.25, -0.2) is 0 Å². The number of hydrogen-bond donors (Lipinski definition) is 2. The van der Waals surface area contributed by atoms with Crippen LogP contribution in [0.5, 0.6) is 0 Å². The second kappa shape index (κ2) is 7.19. The maximum absolute atomic E-state index is 12.9. The van der Waals surface area contributed by atoms with Crippen LogP contribution in [0.25, 0.3) is 0 Å². The van der Waals surface area contributed by atoms with Gasteiger partial charge in [-0.15, -0.1) is 0 Å². The highest BCUT2D eigenvalue weighted by molar-refractivity contribution is 8.14. The number of para-hydroxylation sites is 1. The van der Waals surface area contributed by atoms with Gasteiger partial charge in [-0.3, -0.25) is 9.79 Å². The van der Waals surface area contributed by atoms with Gasteiger partial charge in [-0.2, -0.15) is 18.4 Å². The Hall–Kier alpha value is -2.47. The zero-order valence-corrected chi connectivity index (χ0v) is 12.5. The van der Waals surface area contributed by atoms with Crippen LogP contribution in [-0.4, -0.2) is 23.4 Å². The zero-order valence-electron chi connectivity index (χ0n) is 11.6. The fourth-order valence-electron chi connectivity index (χ4n) is 1.73. The molecule has 5 nitrogen and oxygen atoms in total. The smallest absolute Gasteiger partial charge is 0.340 e. The molecule has 0 spiro atoms. The van der Waals surface area contributed by atoms with E-state index in [2.05, 4.69) is 15.6 Å². The summed E-state index contributed by atoms with van der Waals surface area (Å²) in [5, 5.41) is 14.3. The van der Waals surface area contributed by atoms with Gasteiger partial charge in [0.1, 0.15) is 11.6 Å². The Morgan fingerprint density at radius 3 is 2.74 bits per heavy atom. The van der Waals surface area contributed by atoms with Gasteiger partial charge in [-0.1, -0.05) is 23.9 Å². The van der Waals surface area contributed by atoms with Crippen LogP contribution in [0.4, 0.5) is 18.9 Å². The average Bonchev–Trinajstić information content (AvgIpc) is 3.00. The van der Waals surface area contributed by atoms with Gasteiger partial charge in [0, 0.05) is 12.0 Å². The van der Waals surface area contributed by atoms with Crippen molar-refractivity contribution in [3.63, 3.8) is 0 Å². The van der Waals surface area contributed by atoms with Gasteiger partial charge in [0.25, 0.3) is 5.91 Å². The lowest BCUT2D eigenvalue weighted by atomic mass is 10.1. The van der Waals surface area contributed by atoms with E-state index in [1.54, 1.807) is 6.07 Å². The number of alkyl halides is 3. The number of anilines is 1. The van der Waals surface area contributed by atoms with Crippen molar-refractivity contribution in [2.75, 3.05) is 17.6 Å². The molecule has 2 N–H and O–H groups in total. The van der Waals surface area contributed by atoms with Gasteiger partial charge < -0.3 is 10.6 Å². The van der Waals surface area contributed by atoms with E-state index in [1.807, 2.05) is 0 Å². The van der Waals surface area contributed by atoms with Crippen molar-refractivity contribution in [1.29, 1.82) is 5.26 Å². The van der Waals surface area contributed by atoms with Gasteiger partial charge in [0.2, 0.25) is 0 Å². The lowest BCUT2D eigenvalue weighted by Gasteiger charge is -2.13. The summed E-state index contributed by atoms with van der Waals surface area (Å²) in [6, 6.07) is 6.21. The van der Waals surface area contributed by atoms with E-state index in [0.29, 0.717) is 11.7 Å². The van der Waals surface area contributed by atoms with Crippen molar-refractivity contribution in [2.45, 2.75) is 6.18 Å². The highest BCUT2D eigenvalue weighted by Gasteiger charge is 2.33. The van der Waals surface area contributed by atoms with E-state index in [-0.39, 0.29) is 5.57 Å². The predicted molar refractivity (Wildman–Crippen MR) is 81.7 cm³/mol. The van der Waals surface area contributed by atoms with Crippen LogP contribution in [0.2, 0.25) is 0 Å². The van der Waals surface area contributed by atoms with Crippen molar-refractivity contribution < 1.29 is 18.0 Å². The number of nitriles is 1. The van der Waals surface area contributed by atoms with Crippen LogP contribution in [0.1, 0.15) is 5.56 Å². The third-order valence-corrected chi connectivity index (χ3v) is 3.68. The summed E-state index contributed by atoms with van der Waals surface area (Å²) in [5.41, 5.74) is -1.73. The molecule has 9 heteroatoms. The van der Waals surface area contributed by atoms with Crippen molar-refractivity contribution >= 4 is 28.5 Å². The Bertz CT molecular complexity index is 707. The molecule has 0 radical (unpaired) electrons. The zero-order chi connectivity index (χ0) is 16.9. The molecule has 1 aromatic carbocycles. The quantitative estimate of drug-likeness (QED) is 0.655. The first-order chi connectivity index (χ1) is 10.9. The molecule has 0 bridgehead atoms. The van der Waals surface area contributed by atoms with Crippen LogP contribution >= 0.6 is 11.8 Å². The highest BCUT2D eigenvalue weighted by Crippen LogP contribution is 2.34. The van der Waals surface area contributed by atoms with Gasteiger partial charge >= 0.3 is 6.18 Å². The largest absolute Gasteiger partial charge is 0.418 e. The maximum atomic E-state index is 12.9. The van der Waals surface area contributed by atoms with Crippen molar-refractivity contribution in [1.82, 2.24) is 5.32 Å². The lowest BCUT2D eigenvalue weighted by molar-refractivity contribution is -0.136. The molecule has 1 heterocycles. The molecule has 0 fully saturated rings. The summed E-state index contributed by atoms with van der Waals surface area (Å²) in [6.45, 7) is 0.633. The van der Waals surface area contributed by atoms with E-state index in [0.717, 1.165) is 24.1 Å². The monoisotopic (exact) mass is 340 g/mol. The Balaban J connectivity index is 2.14. The number of amides is 1. The number of thioether (sulfide) groups is 1. The molecule has 0 aromatic heterocycles. The standard InChI is InChI=1S/C14H11F3N4OS/c15-14(16,17)10-3-1-2-4-11(10)21-12(22)9(7-18)8-20-13-19-5-6-23-13/h1-4,8H,5-6H2,(H,19,20)(H,21,22)/b9-8-. The topological polar surface area (TPSA) is 77.3 Å². The molecular formula is C14H11F3N4OS. The summed E-state index contributed by atoms with van der Waals surface area (Å²) in [7, 11) is 0. The van der Waals surface area contributed by atoms with Crippen molar-refractivity contribution in [2.24, 2.45) is 4.99 Å². The Labute approximate surface area is 134 Å². The number of halogens is 3. The molecule has 0 unspecified atom stereocenters. The van der Waals surface area contributed by atoms with Crippen LogP contribution in [0.15, 0.2) is 41.0 Å². The first-order valence-corrected chi connectivity index (χ1v) is 7.42. The Morgan fingerprint density at radius 1 is 1.39 bits per heavy atom. The molecule has 0 atom stereocenters. The molecular weight excluding hydrogens is 329 g/mol. The van der Waals surface area contributed by atoms with Gasteiger partial charge in [0.05, 0.1) is 17.8 Å². The SMILES string of the molecule is N#C/C(=C/NC1=NCCS1)C(=O)Nc1ccccc1C(F)(F)F. The normalized spacial score (nSPS) is 14.9. The number of nitrogens with zero attached hydrogens (tertiary/aromatic N) is 2. The number of carbonyl (C=O) groups excluding carboxylic acids is 1. The number of amidine groups is 1. The number of rotatable bonds is 3. The van der Waals surface area contributed by atoms with Crippen molar-refractivity contribution in [3.8, 4) is 6.07 Å². The number of hydrogen-bond acceptors (Lipinski definition) is 5. The number of carbonyl (C=O) groups is 1. The molecule has 1 amide bonds. The van der Waals surface area contributed by atoms with E-state index in [4.69, 9.17) is 5.26 Å². The summed E-state index contributed by atoms with van der Waals surface area (Å²) in [6.07, 6.45) is -3.48. The minimum atomic E-state index is -4.60. The number of nitrogens with one attached hydrogen (secondary N) is 2. The van der Waals surface area contributed by atoms with Crippen LogP contribution in [0, 0.1) is 11.3 Å². The van der Waals surface area contributed by atoms with Gasteiger partial charge in [0.15, 0.2) is 5.17 Å². The van der Waals surface area contributed by atoms with E-state index >= 15 is 0 Å². The van der Waals surface area contributed by atoms with E-state index < -0.39 is 23.3 Å². The fraction of sp³-hybridized carbons (Fsp3) is 0.214. The van der Waals surface area contributed by atoms with Crippen LogP contribution < -0.4 is 10.6 Å². The second-order valence-corrected chi connectivity index (χ2v) is 5.43. The molecule has 1 aliphatic rings. The van der Waals surface area contributed by atoms with E-state index in [9.17, 15) is 18.0 Å². The molecule has 23 heavy (non-hydrogen) atoms. The number of aliphatic imine (C=N–C) groups is 1. The molecule has 0 saturated carbocycles. The molecule has 2 rings (SSSR count). The third kappa shape index (κ3) is 4.50. The number of benzene rings is 1. The molecule has 1 aromatic rings. The first kappa shape index (κ1) is 16.9. The molecule has 120 valence electrons. The predicted octanol–water partition coefficient (Wildman–Crippen LogP) is 2.74. The van der Waals surface area contributed by atoms with Crippen molar-refractivity contribution in [3.05, 3.63) is 41.6 Å². The first-order valence-electron chi connectivity index (χ1n) is 6.43. The second-order valence-electron chi connectivity index (χ2n) is 4.35. The summed E-state index contributed by atoms with van der Waals surface area (Å²) >= 11 is 1.42. The maximum Gasteiger partial charge on any atom is 0.418 e. The minimum absolute atomic E-state index is 0.350.